The molecule has 1 aliphatic heterocycles. The monoisotopic (exact) mass is 413 g/mol. The first kappa shape index (κ1) is 22.1. The molecule has 28 heavy (non-hydrogen) atoms. The van der Waals surface area contributed by atoms with Crippen LogP contribution in [0, 0.1) is 16.0 Å². The van der Waals surface area contributed by atoms with Crippen molar-refractivity contribution in [3.05, 3.63) is 28.3 Å². The molecule has 1 aromatic rings. The molecular weight excluding hydrogens is 386 g/mol. The Hall–Kier alpha value is -2.20. The molecule has 9 nitrogen and oxygen atoms in total. The Balaban J connectivity index is 2.17. The Morgan fingerprint density at radius 3 is 2.43 bits per heavy atom. The zero-order chi connectivity index (χ0) is 20.9. The minimum absolute atomic E-state index is 0.123. The highest BCUT2D eigenvalue weighted by Gasteiger charge is 2.27. The number of hydrogen-bond donors (Lipinski definition) is 0. The fourth-order valence-electron chi connectivity index (χ4n) is 3.12. The normalized spacial score (nSPS) is 15.6. The molecule has 0 radical (unpaired) electrons. The maximum Gasteiger partial charge on any atom is 0.312 e. The molecule has 1 heterocycles. The van der Waals surface area contributed by atoms with Crippen molar-refractivity contribution in [2.75, 3.05) is 32.8 Å². The number of ether oxygens (including phenoxy) is 1. The number of nitro benzene ring substituents is 1. The molecule has 1 fully saturated rings. The van der Waals surface area contributed by atoms with Crippen LogP contribution in [0.4, 0.5) is 5.69 Å². The van der Waals surface area contributed by atoms with Crippen molar-refractivity contribution in [2.45, 2.75) is 38.5 Å². The van der Waals surface area contributed by atoms with Crippen LogP contribution in [0.2, 0.25) is 0 Å². The summed E-state index contributed by atoms with van der Waals surface area (Å²) in [6, 6.07) is 3.49. The van der Waals surface area contributed by atoms with E-state index in [9.17, 15) is 23.3 Å². The van der Waals surface area contributed by atoms with Crippen LogP contribution >= 0.6 is 0 Å². The second-order valence-corrected chi connectivity index (χ2v) is 8.77. The Bertz CT molecular complexity index is 815. The molecule has 0 spiro atoms. The van der Waals surface area contributed by atoms with E-state index in [1.807, 2.05) is 0 Å². The summed E-state index contributed by atoms with van der Waals surface area (Å²) in [6.07, 6.45) is 1.84. The first-order valence-electron chi connectivity index (χ1n) is 9.39. The first-order valence-corrected chi connectivity index (χ1v) is 10.8. The number of carbonyl (C=O) groups excluding carboxylic acids is 1. The summed E-state index contributed by atoms with van der Waals surface area (Å²) < 4.78 is 31.8. The molecule has 10 heteroatoms. The third-order valence-corrected chi connectivity index (χ3v) is 7.00. The quantitative estimate of drug-likeness (QED) is 0.478. The van der Waals surface area contributed by atoms with Gasteiger partial charge in [0, 0.05) is 32.2 Å². The second-order valence-electron chi connectivity index (χ2n) is 6.83. The van der Waals surface area contributed by atoms with Crippen LogP contribution < -0.4 is 4.74 Å². The lowest BCUT2D eigenvalue weighted by atomic mass is 9.99. The number of nitrogens with zero attached hydrogens (tertiary/aromatic N) is 3. The Morgan fingerprint density at radius 1 is 1.29 bits per heavy atom. The summed E-state index contributed by atoms with van der Waals surface area (Å²) >= 11 is 0. The van der Waals surface area contributed by atoms with E-state index in [0.29, 0.717) is 19.0 Å². The Labute approximate surface area is 165 Å². The Kier molecular flexibility index (Phi) is 7.36. The van der Waals surface area contributed by atoms with Crippen LogP contribution in [0.15, 0.2) is 23.1 Å². The zero-order valence-corrected chi connectivity index (χ0v) is 17.3. The van der Waals surface area contributed by atoms with Crippen LogP contribution in [0.25, 0.3) is 0 Å². The molecule has 1 aromatic carbocycles. The number of piperidine rings is 1. The van der Waals surface area contributed by atoms with Gasteiger partial charge in [-0.1, -0.05) is 20.8 Å². The van der Waals surface area contributed by atoms with E-state index in [-0.39, 0.29) is 36.2 Å². The van der Waals surface area contributed by atoms with Crippen molar-refractivity contribution in [3.8, 4) is 5.75 Å². The lowest BCUT2D eigenvalue weighted by molar-refractivity contribution is -0.386. The average Bonchev–Trinajstić information content (AvgIpc) is 2.67. The minimum atomic E-state index is -3.83. The predicted octanol–water partition coefficient (Wildman–Crippen LogP) is 2.26. The summed E-state index contributed by atoms with van der Waals surface area (Å²) in [7, 11) is -3.83. The molecule has 1 amide bonds. The van der Waals surface area contributed by atoms with E-state index in [0.717, 1.165) is 18.9 Å². The number of carbonyl (C=O) groups is 1. The highest BCUT2D eigenvalue weighted by Crippen LogP contribution is 2.31. The molecule has 1 aliphatic rings. The number of nitro groups is 1. The topological polar surface area (TPSA) is 110 Å². The van der Waals surface area contributed by atoms with Gasteiger partial charge in [0.1, 0.15) is 0 Å². The van der Waals surface area contributed by atoms with Gasteiger partial charge in [0.15, 0.2) is 12.4 Å². The molecule has 0 bridgehead atoms. The first-order chi connectivity index (χ1) is 13.2. The Morgan fingerprint density at radius 2 is 1.89 bits per heavy atom. The van der Waals surface area contributed by atoms with E-state index >= 15 is 0 Å². The fourth-order valence-corrected chi connectivity index (χ4v) is 4.60. The highest BCUT2D eigenvalue weighted by molar-refractivity contribution is 7.89. The van der Waals surface area contributed by atoms with Crippen molar-refractivity contribution in [3.63, 3.8) is 0 Å². The van der Waals surface area contributed by atoms with Crippen molar-refractivity contribution < 1.29 is 22.9 Å². The maximum atomic E-state index is 12.6. The summed E-state index contributed by atoms with van der Waals surface area (Å²) in [5.41, 5.74) is -0.478. The molecule has 156 valence electrons. The fraction of sp³-hybridized carbons (Fsp3) is 0.611. The molecule has 0 aliphatic carbocycles. The number of sulfonamides is 1. The molecule has 0 saturated carbocycles. The molecular formula is C18H27N3O6S. The van der Waals surface area contributed by atoms with Gasteiger partial charge >= 0.3 is 5.69 Å². The number of amides is 1. The molecule has 0 aromatic heterocycles. The molecule has 0 atom stereocenters. The zero-order valence-electron chi connectivity index (χ0n) is 16.5. The van der Waals surface area contributed by atoms with E-state index in [2.05, 4.69) is 6.92 Å². The van der Waals surface area contributed by atoms with E-state index in [4.69, 9.17) is 4.74 Å². The van der Waals surface area contributed by atoms with Gasteiger partial charge in [0.05, 0.1) is 9.82 Å². The van der Waals surface area contributed by atoms with Gasteiger partial charge in [0.25, 0.3) is 5.91 Å². The smallest absolute Gasteiger partial charge is 0.312 e. The maximum absolute atomic E-state index is 12.6. The molecule has 2 rings (SSSR count). The second kappa shape index (κ2) is 9.33. The van der Waals surface area contributed by atoms with E-state index in [1.54, 1.807) is 18.7 Å². The van der Waals surface area contributed by atoms with Crippen molar-refractivity contribution >= 4 is 21.6 Å². The molecule has 1 saturated heterocycles. The lowest BCUT2D eigenvalue weighted by Crippen LogP contribution is -2.40. The van der Waals surface area contributed by atoms with Crippen LogP contribution in [-0.2, 0) is 14.8 Å². The SMILES string of the molecule is CCN(CC)S(=O)(=O)c1ccc(OCC(=O)N2CCC(C)CC2)c([N+](=O)[O-])c1. The highest BCUT2D eigenvalue weighted by atomic mass is 32.2. The van der Waals surface area contributed by atoms with Crippen LogP contribution in [0.3, 0.4) is 0 Å². The van der Waals surface area contributed by atoms with Crippen molar-refractivity contribution in [1.29, 1.82) is 0 Å². The summed E-state index contributed by atoms with van der Waals surface area (Å²) in [4.78, 5) is 24.5. The lowest BCUT2D eigenvalue weighted by Gasteiger charge is -2.30. The van der Waals surface area contributed by atoms with Crippen molar-refractivity contribution in [2.24, 2.45) is 5.92 Å². The molecule has 0 N–H and O–H groups in total. The number of hydrogen-bond acceptors (Lipinski definition) is 6. The van der Waals surface area contributed by atoms with Crippen LogP contribution in [-0.4, -0.2) is 61.2 Å². The summed E-state index contributed by atoms with van der Waals surface area (Å²) in [5, 5.41) is 11.4. The van der Waals surface area contributed by atoms with Crippen LogP contribution in [0.5, 0.6) is 5.75 Å². The van der Waals surface area contributed by atoms with Gasteiger partial charge in [-0.15, -0.1) is 0 Å². The number of likely N-dealkylation sites (tertiary alicyclic amines) is 1. The van der Waals surface area contributed by atoms with Crippen molar-refractivity contribution in [1.82, 2.24) is 9.21 Å². The summed E-state index contributed by atoms with van der Waals surface area (Å²) in [5.74, 6) is 0.217. The number of rotatable bonds is 8. The van der Waals surface area contributed by atoms with Gasteiger partial charge < -0.3 is 9.64 Å². The van der Waals surface area contributed by atoms with E-state index < -0.39 is 20.6 Å². The van der Waals surface area contributed by atoms with Gasteiger partial charge in [-0.2, -0.15) is 4.31 Å². The van der Waals surface area contributed by atoms with Gasteiger partial charge in [-0.3, -0.25) is 14.9 Å². The van der Waals surface area contributed by atoms with Crippen LogP contribution in [0.1, 0.15) is 33.6 Å². The van der Waals surface area contributed by atoms with Gasteiger partial charge in [0.2, 0.25) is 10.0 Å². The molecule has 0 unspecified atom stereocenters. The van der Waals surface area contributed by atoms with E-state index in [1.165, 1.54) is 16.4 Å². The number of benzene rings is 1. The third-order valence-electron chi connectivity index (χ3n) is 4.96. The summed E-state index contributed by atoms with van der Waals surface area (Å²) in [6.45, 7) is 7.01. The third kappa shape index (κ3) is 4.99. The minimum Gasteiger partial charge on any atom is -0.477 e. The van der Waals surface area contributed by atoms with Gasteiger partial charge in [-0.05, 0) is 30.9 Å². The average molecular weight is 413 g/mol. The standard InChI is InChI=1S/C18H27N3O6S/c1-4-20(5-2)28(25,26)15-6-7-17(16(12-15)21(23)24)27-13-18(22)19-10-8-14(3)9-11-19/h6-7,12,14H,4-5,8-11,13H2,1-3H3. The van der Waals surface area contributed by atoms with Gasteiger partial charge in [-0.25, -0.2) is 8.42 Å². The predicted molar refractivity (Wildman–Crippen MR) is 104 cm³/mol. The largest absolute Gasteiger partial charge is 0.477 e.